The van der Waals surface area contributed by atoms with Crippen molar-refractivity contribution in [3.63, 3.8) is 0 Å². The maximum atomic E-state index is 11.4. The molecule has 1 aromatic carbocycles. The van der Waals surface area contributed by atoms with Crippen molar-refractivity contribution in [2.24, 2.45) is 5.73 Å². The van der Waals surface area contributed by atoms with Crippen LogP contribution >= 0.6 is 0 Å². The van der Waals surface area contributed by atoms with Gasteiger partial charge in [-0.2, -0.15) is 0 Å². The lowest BCUT2D eigenvalue weighted by Crippen LogP contribution is -2.17. The lowest BCUT2D eigenvalue weighted by Gasteiger charge is -2.15. The minimum absolute atomic E-state index is 0.0409. The van der Waals surface area contributed by atoms with Crippen LogP contribution in [-0.4, -0.2) is 26.5 Å². The molecule has 0 aliphatic carbocycles. The molecule has 0 saturated heterocycles. The van der Waals surface area contributed by atoms with Gasteiger partial charge in [-0.1, -0.05) is 32.0 Å². The van der Waals surface area contributed by atoms with E-state index in [4.69, 9.17) is 10.5 Å². The Kier molecular flexibility index (Phi) is 5.62. The van der Waals surface area contributed by atoms with Gasteiger partial charge in [0.15, 0.2) is 9.84 Å². The van der Waals surface area contributed by atoms with Crippen LogP contribution in [0, 0.1) is 0 Å². The Morgan fingerprint density at radius 3 is 2.56 bits per heavy atom. The molecule has 0 fully saturated rings. The first-order valence-corrected chi connectivity index (χ1v) is 8.00. The second-order valence-electron chi connectivity index (χ2n) is 4.14. The molecular formula is C13H21NO3S. The van der Waals surface area contributed by atoms with Crippen molar-refractivity contribution in [3.05, 3.63) is 29.8 Å². The smallest absolute Gasteiger partial charge is 0.153 e. The van der Waals surface area contributed by atoms with Crippen LogP contribution in [0.15, 0.2) is 24.3 Å². The average Bonchev–Trinajstić information content (AvgIpc) is 2.38. The number of nitrogens with two attached hydrogens (primary N) is 1. The van der Waals surface area contributed by atoms with Crippen molar-refractivity contribution >= 4 is 9.84 Å². The molecule has 1 aromatic rings. The van der Waals surface area contributed by atoms with E-state index in [1.54, 1.807) is 6.92 Å². The maximum absolute atomic E-state index is 11.4. The number of ether oxygens (including phenoxy) is 1. The molecule has 0 aromatic heterocycles. The van der Waals surface area contributed by atoms with E-state index in [0.717, 1.165) is 12.0 Å². The van der Waals surface area contributed by atoms with Crippen LogP contribution in [-0.2, 0) is 9.84 Å². The molecule has 0 aliphatic heterocycles. The zero-order chi connectivity index (χ0) is 13.6. The summed E-state index contributed by atoms with van der Waals surface area (Å²) in [6, 6.07) is 7.42. The van der Waals surface area contributed by atoms with Gasteiger partial charge in [-0.25, -0.2) is 8.42 Å². The number of hydrogen-bond donors (Lipinski definition) is 1. The number of benzene rings is 1. The molecule has 18 heavy (non-hydrogen) atoms. The second-order valence-corrected chi connectivity index (χ2v) is 6.61. The van der Waals surface area contributed by atoms with Gasteiger partial charge in [0.25, 0.3) is 0 Å². The number of hydrogen-bond acceptors (Lipinski definition) is 4. The fraction of sp³-hybridized carbons (Fsp3) is 0.538. The summed E-state index contributed by atoms with van der Waals surface area (Å²) in [5, 5.41) is 0. The van der Waals surface area contributed by atoms with E-state index >= 15 is 0 Å². The molecule has 2 N–H and O–H groups in total. The summed E-state index contributed by atoms with van der Waals surface area (Å²) >= 11 is 0. The molecule has 0 spiro atoms. The number of sulfone groups is 1. The first-order chi connectivity index (χ1) is 8.50. The molecule has 0 heterocycles. The highest BCUT2D eigenvalue weighted by Crippen LogP contribution is 2.25. The molecule has 0 unspecified atom stereocenters. The number of rotatable bonds is 7. The van der Waals surface area contributed by atoms with Crippen LogP contribution in [0.3, 0.4) is 0 Å². The van der Waals surface area contributed by atoms with Crippen molar-refractivity contribution in [1.82, 2.24) is 0 Å². The lowest BCUT2D eigenvalue weighted by atomic mass is 10.0. The monoisotopic (exact) mass is 271 g/mol. The molecule has 102 valence electrons. The molecule has 5 heteroatoms. The average molecular weight is 271 g/mol. The third-order valence-electron chi connectivity index (χ3n) is 2.85. The Bertz CT molecular complexity index is 471. The largest absolute Gasteiger partial charge is 0.492 e. The predicted octanol–water partition coefficient (Wildman–Crippen LogP) is 1.91. The van der Waals surface area contributed by atoms with E-state index in [1.807, 2.05) is 31.2 Å². The van der Waals surface area contributed by atoms with Gasteiger partial charge in [0.1, 0.15) is 12.4 Å². The van der Waals surface area contributed by atoms with Gasteiger partial charge in [0, 0.05) is 17.4 Å². The van der Waals surface area contributed by atoms with E-state index in [9.17, 15) is 8.42 Å². The zero-order valence-corrected chi connectivity index (χ0v) is 11.7. The summed E-state index contributed by atoms with van der Waals surface area (Å²) in [5.74, 6) is 0.865. The van der Waals surface area contributed by atoms with E-state index in [0.29, 0.717) is 5.75 Å². The topological polar surface area (TPSA) is 69.4 Å². The first-order valence-electron chi connectivity index (χ1n) is 6.18. The molecular weight excluding hydrogens is 250 g/mol. The second kappa shape index (κ2) is 6.75. The highest BCUT2D eigenvalue weighted by molar-refractivity contribution is 7.91. The van der Waals surface area contributed by atoms with Crippen LogP contribution in [0.25, 0.3) is 0 Å². The van der Waals surface area contributed by atoms with E-state index in [1.165, 1.54) is 0 Å². The van der Waals surface area contributed by atoms with Gasteiger partial charge in [0.2, 0.25) is 0 Å². The molecule has 0 amide bonds. The van der Waals surface area contributed by atoms with E-state index in [-0.39, 0.29) is 24.2 Å². The van der Waals surface area contributed by atoms with Gasteiger partial charge in [-0.3, -0.25) is 0 Å². The zero-order valence-electron chi connectivity index (χ0n) is 10.9. The Morgan fingerprint density at radius 2 is 1.94 bits per heavy atom. The van der Waals surface area contributed by atoms with Gasteiger partial charge < -0.3 is 10.5 Å². The molecule has 0 saturated carbocycles. The summed E-state index contributed by atoms with van der Waals surface area (Å²) in [6.45, 7) is 3.81. The maximum Gasteiger partial charge on any atom is 0.153 e. The Morgan fingerprint density at radius 1 is 1.28 bits per heavy atom. The van der Waals surface area contributed by atoms with Crippen molar-refractivity contribution < 1.29 is 13.2 Å². The van der Waals surface area contributed by atoms with E-state index in [2.05, 4.69) is 0 Å². The highest BCUT2D eigenvalue weighted by Gasteiger charge is 2.11. The quantitative estimate of drug-likeness (QED) is 0.822. The normalized spacial score (nSPS) is 13.3. The Hall–Kier alpha value is -1.07. The molecule has 0 bridgehead atoms. The minimum atomic E-state index is -2.98. The van der Waals surface area contributed by atoms with E-state index < -0.39 is 9.84 Å². The van der Waals surface area contributed by atoms with Gasteiger partial charge in [0.05, 0.1) is 5.75 Å². The molecule has 0 radical (unpaired) electrons. The molecule has 0 aliphatic rings. The third kappa shape index (κ3) is 4.31. The molecule has 1 rings (SSSR count). The predicted molar refractivity (Wildman–Crippen MR) is 73.5 cm³/mol. The summed E-state index contributed by atoms with van der Waals surface area (Å²) in [4.78, 5) is 0. The summed E-state index contributed by atoms with van der Waals surface area (Å²) in [6.07, 6.45) is 0.813. The van der Waals surface area contributed by atoms with Crippen LogP contribution in [0.1, 0.15) is 31.9 Å². The standard InChI is InChI=1S/C13H21NO3S/c1-3-12(14)11-7-5-6-8-13(11)17-9-10-18(15,16)4-2/h5-8,12H,3-4,9-10,14H2,1-2H3/t12-/m0/s1. The minimum Gasteiger partial charge on any atom is -0.492 e. The summed E-state index contributed by atoms with van der Waals surface area (Å²) < 4.78 is 28.3. The van der Waals surface area contributed by atoms with Crippen LogP contribution in [0.5, 0.6) is 5.75 Å². The van der Waals surface area contributed by atoms with Crippen molar-refractivity contribution in [2.45, 2.75) is 26.3 Å². The van der Waals surface area contributed by atoms with Gasteiger partial charge in [-0.15, -0.1) is 0 Å². The lowest BCUT2D eigenvalue weighted by molar-refractivity contribution is 0.334. The SMILES string of the molecule is CC[C@H](N)c1ccccc1OCCS(=O)(=O)CC. The van der Waals surface area contributed by atoms with Gasteiger partial charge >= 0.3 is 0 Å². The summed E-state index contributed by atoms with van der Waals surface area (Å²) in [5.41, 5.74) is 6.91. The van der Waals surface area contributed by atoms with Crippen molar-refractivity contribution in [3.8, 4) is 5.75 Å². The molecule has 1 atom stereocenters. The highest BCUT2D eigenvalue weighted by atomic mass is 32.2. The van der Waals surface area contributed by atoms with Crippen LogP contribution in [0.4, 0.5) is 0 Å². The van der Waals surface area contributed by atoms with Crippen molar-refractivity contribution in [2.75, 3.05) is 18.1 Å². The van der Waals surface area contributed by atoms with Gasteiger partial charge in [-0.05, 0) is 12.5 Å². The Labute approximate surface area is 109 Å². The Balaban J connectivity index is 2.68. The fourth-order valence-corrected chi connectivity index (χ4v) is 2.19. The third-order valence-corrected chi connectivity index (χ3v) is 4.52. The van der Waals surface area contributed by atoms with Crippen LogP contribution in [0.2, 0.25) is 0 Å². The number of para-hydroxylation sites is 1. The molecule has 4 nitrogen and oxygen atoms in total. The fourth-order valence-electron chi connectivity index (χ4n) is 1.56. The summed E-state index contributed by atoms with van der Waals surface area (Å²) in [7, 11) is -2.98. The first kappa shape index (κ1) is 15.0. The van der Waals surface area contributed by atoms with Crippen LogP contribution < -0.4 is 10.5 Å². The van der Waals surface area contributed by atoms with Crippen molar-refractivity contribution in [1.29, 1.82) is 0 Å².